The summed E-state index contributed by atoms with van der Waals surface area (Å²) in [6.07, 6.45) is 2.80. The maximum Gasteiger partial charge on any atom is 0.123 e. The zero-order chi connectivity index (χ0) is 14.9. The average Bonchev–Trinajstić information content (AvgIpc) is 2.50. The molecule has 2 aliphatic rings. The number of halogens is 1. The molecule has 4 heteroatoms. The first-order valence-electron chi connectivity index (χ1n) is 7.75. The predicted octanol–water partition coefficient (Wildman–Crippen LogP) is 3.14. The van der Waals surface area contributed by atoms with Crippen LogP contribution in [0, 0.1) is 18.7 Å². The number of aliphatic hydroxyl groups is 1. The fourth-order valence-corrected chi connectivity index (χ4v) is 3.61. The number of rotatable bonds is 2. The molecule has 3 rings (SSSR count). The van der Waals surface area contributed by atoms with Gasteiger partial charge in [0.1, 0.15) is 5.82 Å². The molecule has 1 N–H and O–H groups in total. The van der Waals surface area contributed by atoms with E-state index in [1.807, 2.05) is 6.92 Å². The van der Waals surface area contributed by atoms with Gasteiger partial charge < -0.3 is 14.6 Å². The molecule has 0 aliphatic carbocycles. The highest BCUT2D eigenvalue weighted by molar-refractivity contribution is 5.29. The molecule has 2 heterocycles. The molecule has 2 atom stereocenters. The number of hydrogen-bond acceptors (Lipinski definition) is 3. The van der Waals surface area contributed by atoms with Crippen LogP contribution in [-0.4, -0.2) is 30.5 Å². The minimum Gasteiger partial charge on any atom is -0.388 e. The van der Waals surface area contributed by atoms with Gasteiger partial charge in [0.05, 0.1) is 11.7 Å². The molecule has 0 saturated carbocycles. The summed E-state index contributed by atoms with van der Waals surface area (Å²) in [5, 5.41) is 10.7. The topological polar surface area (TPSA) is 38.7 Å². The van der Waals surface area contributed by atoms with Gasteiger partial charge in [-0.05, 0) is 61.8 Å². The lowest BCUT2D eigenvalue weighted by atomic mass is 9.77. The summed E-state index contributed by atoms with van der Waals surface area (Å²) in [6, 6.07) is 4.64. The van der Waals surface area contributed by atoms with Crippen LogP contribution < -0.4 is 0 Å². The van der Waals surface area contributed by atoms with E-state index >= 15 is 0 Å². The molecule has 3 nitrogen and oxygen atoms in total. The number of aliphatic hydroxyl groups excluding tert-OH is 1. The zero-order valence-electron chi connectivity index (χ0n) is 12.5. The van der Waals surface area contributed by atoms with Gasteiger partial charge in [-0.2, -0.15) is 0 Å². The smallest absolute Gasteiger partial charge is 0.123 e. The summed E-state index contributed by atoms with van der Waals surface area (Å²) in [5.74, 6) is -0.167. The molecule has 1 aromatic carbocycles. The first-order valence-corrected chi connectivity index (χ1v) is 7.75. The zero-order valence-corrected chi connectivity index (χ0v) is 12.5. The van der Waals surface area contributed by atoms with Crippen molar-refractivity contribution in [2.45, 2.75) is 44.3 Å². The Bertz CT molecular complexity index is 491. The molecular weight excluding hydrogens is 271 g/mol. The summed E-state index contributed by atoms with van der Waals surface area (Å²) in [7, 11) is 0. The maximum atomic E-state index is 13.5. The van der Waals surface area contributed by atoms with E-state index in [1.165, 1.54) is 12.1 Å². The van der Waals surface area contributed by atoms with E-state index in [0.717, 1.165) is 44.5 Å². The molecule has 116 valence electrons. The molecule has 1 spiro atoms. The van der Waals surface area contributed by atoms with Crippen LogP contribution in [0.15, 0.2) is 18.2 Å². The van der Waals surface area contributed by atoms with Crippen molar-refractivity contribution in [2.24, 2.45) is 5.92 Å². The third-order valence-corrected chi connectivity index (χ3v) is 4.94. The summed E-state index contributed by atoms with van der Waals surface area (Å²) in [4.78, 5) is 0. The Morgan fingerprint density at radius 3 is 2.81 bits per heavy atom. The highest BCUT2D eigenvalue weighted by atomic mass is 19.1. The van der Waals surface area contributed by atoms with E-state index in [0.29, 0.717) is 12.2 Å². The summed E-state index contributed by atoms with van der Waals surface area (Å²) >= 11 is 0. The van der Waals surface area contributed by atoms with Crippen LogP contribution >= 0.6 is 0 Å². The molecule has 0 amide bonds. The molecular formula is C17H23FO3. The van der Waals surface area contributed by atoms with E-state index in [2.05, 4.69) is 0 Å². The van der Waals surface area contributed by atoms with Crippen LogP contribution in [0.2, 0.25) is 0 Å². The summed E-state index contributed by atoms with van der Waals surface area (Å²) < 4.78 is 24.9. The van der Waals surface area contributed by atoms with Crippen LogP contribution in [0.4, 0.5) is 4.39 Å². The van der Waals surface area contributed by atoms with Gasteiger partial charge in [0.15, 0.2) is 0 Å². The number of hydrogen-bond donors (Lipinski definition) is 1. The van der Waals surface area contributed by atoms with E-state index in [4.69, 9.17) is 9.47 Å². The van der Waals surface area contributed by atoms with E-state index < -0.39 is 6.10 Å². The van der Waals surface area contributed by atoms with Gasteiger partial charge in [0.25, 0.3) is 0 Å². The Hall–Kier alpha value is -0.970. The Kier molecular flexibility index (Phi) is 4.29. The van der Waals surface area contributed by atoms with Crippen LogP contribution in [0.1, 0.15) is 42.9 Å². The fourth-order valence-electron chi connectivity index (χ4n) is 3.61. The SMILES string of the molecule is Cc1ccc(F)cc1C(O)C1CCOC2(CCOCC2)C1. The Labute approximate surface area is 125 Å². The van der Waals surface area contributed by atoms with Crippen molar-refractivity contribution in [1.29, 1.82) is 0 Å². The predicted molar refractivity (Wildman–Crippen MR) is 77.6 cm³/mol. The lowest BCUT2D eigenvalue weighted by Gasteiger charge is -2.44. The molecule has 0 radical (unpaired) electrons. The van der Waals surface area contributed by atoms with Gasteiger partial charge in [-0.3, -0.25) is 0 Å². The fraction of sp³-hybridized carbons (Fsp3) is 0.647. The molecule has 0 aromatic heterocycles. The normalized spacial score (nSPS) is 26.7. The van der Waals surface area contributed by atoms with Gasteiger partial charge in [-0.25, -0.2) is 4.39 Å². The van der Waals surface area contributed by atoms with Crippen molar-refractivity contribution in [3.63, 3.8) is 0 Å². The molecule has 2 fully saturated rings. The largest absolute Gasteiger partial charge is 0.388 e. The quantitative estimate of drug-likeness (QED) is 0.910. The Balaban J connectivity index is 1.77. The minimum atomic E-state index is -0.621. The first-order chi connectivity index (χ1) is 10.1. The van der Waals surface area contributed by atoms with E-state index in [-0.39, 0.29) is 17.3 Å². The summed E-state index contributed by atoms with van der Waals surface area (Å²) in [5.41, 5.74) is 1.50. The Morgan fingerprint density at radius 2 is 2.05 bits per heavy atom. The van der Waals surface area contributed by atoms with Gasteiger partial charge in [-0.1, -0.05) is 6.07 Å². The van der Waals surface area contributed by atoms with Crippen molar-refractivity contribution >= 4 is 0 Å². The van der Waals surface area contributed by atoms with Crippen molar-refractivity contribution in [2.75, 3.05) is 19.8 Å². The van der Waals surface area contributed by atoms with Crippen LogP contribution in [0.25, 0.3) is 0 Å². The highest BCUT2D eigenvalue weighted by Gasteiger charge is 2.41. The van der Waals surface area contributed by atoms with E-state index in [1.54, 1.807) is 6.07 Å². The Morgan fingerprint density at radius 1 is 1.29 bits per heavy atom. The van der Waals surface area contributed by atoms with Crippen molar-refractivity contribution in [3.8, 4) is 0 Å². The lowest BCUT2D eigenvalue weighted by molar-refractivity contribution is -0.159. The molecule has 2 saturated heterocycles. The minimum absolute atomic E-state index is 0.123. The third kappa shape index (κ3) is 3.12. The summed E-state index contributed by atoms with van der Waals surface area (Å²) in [6.45, 7) is 4.03. The van der Waals surface area contributed by atoms with Crippen LogP contribution in [0.5, 0.6) is 0 Å². The lowest BCUT2D eigenvalue weighted by Crippen LogP contribution is -2.45. The number of benzene rings is 1. The number of ether oxygens (including phenoxy) is 2. The van der Waals surface area contributed by atoms with Crippen molar-refractivity contribution < 1.29 is 19.0 Å². The molecule has 21 heavy (non-hydrogen) atoms. The van der Waals surface area contributed by atoms with E-state index in [9.17, 15) is 9.50 Å². The van der Waals surface area contributed by atoms with Gasteiger partial charge in [0.2, 0.25) is 0 Å². The first kappa shape index (κ1) is 14.9. The second kappa shape index (κ2) is 6.03. The van der Waals surface area contributed by atoms with Crippen LogP contribution in [0.3, 0.4) is 0 Å². The molecule has 1 aromatic rings. The van der Waals surface area contributed by atoms with Crippen molar-refractivity contribution in [1.82, 2.24) is 0 Å². The van der Waals surface area contributed by atoms with Gasteiger partial charge in [-0.15, -0.1) is 0 Å². The monoisotopic (exact) mass is 294 g/mol. The molecule has 2 unspecified atom stereocenters. The maximum absolute atomic E-state index is 13.5. The highest BCUT2D eigenvalue weighted by Crippen LogP contribution is 2.42. The third-order valence-electron chi connectivity index (χ3n) is 4.94. The number of aryl methyl sites for hydroxylation is 1. The second-order valence-corrected chi connectivity index (χ2v) is 6.34. The standard InChI is InChI=1S/C17H23FO3/c1-12-2-3-14(18)10-15(12)16(19)13-4-7-21-17(11-13)5-8-20-9-6-17/h2-3,10,13,16,19H,4-9,11H2,1H3. The van der Waals surface area contributed by atoms with Crippen molar-refractivity contribution in [3.05, 3.63) is 35.1 Å². The van der Waals surface area contributed by atoms with Gasteiger partial charge in [0, 0.05) is 19.8 Å². The molecule has 0 bridgehead atoms. The van der Waals surface area contributed by atoms with Crippen LogP contribution in [-0.2, 0) is 9.47 Å². The van der Waals surface area contributed by atoms with Gasteiger partial charge >= 0.3 is 0 Å². The molecule has 2 aliphatic heterocycles. The second-order valence-electron chi connectivity index (χ2n) is 6.34. The average molecular weight is 294 g/mol.